The monoisotopic (exact) mass is 520 g/mol. The fourth-order valence-corrected chi connectivity index (χ4v) is 3.44. The number of rotatable bonds is 7. The highest BCUT2D eigenvalue weighted by Crippen LogP contribution is 2.16. The van der Waals surface area contributed by atoms with Crippen LogP contribution in [0.25, 0.3) is 0 Å². The fraction of sp³-hybridized carbons (Fsp3) is 0.737. The van der Waals surface area contributed by atoms with Crippen LogP contribution in [0.2, 0.25) is 0 Å². The van der Waals surface area contributed by atoms with Crippen molar-refractivity contribution in [1.29, 1.82) is 0 Å². The Morgan fingerprint density at radius 2 is 2.17 bits per heavy atom. The Morgan fingerprint density at radius 3 is 2.83 bits per heavy atom. The van der Waals surface area contributed by atoms with Crippen molar-refractivity contribution >= 4 is 41.5 Å². The van der Waals surface area contributed by atoms with Gasteiger partial charge in [0.1, 0.15) is 6.54 Å². The first-order valence-corrected chi connectivity index (χ1v) is 10.2. The van der Waals surface area contributed by atoms with E-state index < -0.39 is 0 Å². The second-order valence-electron chi connectivity index (χ2n) is 7.11. The summed E-state index contributed by atoms with van der Waals surface area (Å²) in [6.07, 6.45) is 6.75. The van der Waals surface area contributed by atoms with Gasteiger partial charge in [-0.1, -0.05) is 0 Å². The Bertz CT molecular complexity index is 662. The van der Waals surface area contributed by atoms with Crippen LogP contribution in [0, 0.1) is 0 Å². The number of aromatic nitrogens is 2. The smallest absolute Gasteiger partial charge is 0.246 e. The van der Waals surface area contributed by atoms with Gasteiger partial charge in [0.2, 0.25) is 5.91 Å². The van der Waals surface area contributed by atoms with Crippen LogP contribution in [0.1, 0.15) is 26.2 Å². The maximum Gasteiger partial charge on any atom is 0.246 e. The lowest BCUT2D eigenvalue weighted by Crippen LogP contribution is -2.55. The van der Waals surface area contributed by atoms with Crippen molar-refractivity contribution in [1.82, 2.24) is 20.0 Å². The molecule has 1 aromatic rings. The van der Waals surface area contributed by atoms with Crippen LogP contribution in [0.15, 0.2) is 17.4 Å². The second kappa shape index (κ2) is 12.3. The molecular formula is C19H33IN6O3. The fourth-order valence-electron chi connectivity index (χ4n) is 3.44. The second-order valence-corrected chi connectivity index (χ2v) is 7.11. The Hall–Kier alpha value is -1.40. The zero-order valence-electron chi connectivity index (χ0n) is 17.4. The molecule has 0 aliphatic carbocycles. The molecule has 0 radical (unpaired) electrons. The number of carbonyl (C=O) groups excluding carboxylic acids is 1. The van der Waals surface area contributed by atoms with Gasteiger partial charge in [-0.3, -0.25) is 14.5 Å². The molecule has 1 amide bonds. The number of halogens is 1. The Kier molecular flexibility index (Phi) is 10.2. The molecule has 1 aromatic heterocycles. The van der Waals surface area contributed by atoms with Crippen LogP contribution in [0.3, 0.4) is 0 Å². The van der Waals surface area contributed by atoms with Gasteiger partial charge in [0.25, 0.3) is 0 Å². The number of hydrogen-bond donors (Lipinski definition) is 1. The molecule has 0 spiro atoms. The van der Waals surface area contributed by atoms with Crippen LogP contribution in [-0.2, 0) is 21.3 Å². The van der Waals surface area contributed by atoms with Crippen LogP contribution in [-0.4, -0.2) is 85.2 Å². The molecule has 2 saturated heterocycles. The van der Waals surface area contributed by atoms with Gasteiger partial charge in [-0.05, 0) is 26.2 Å². The van der Waals surface area contributed by atoms with Crippen molar-refractivity contribution in [3.63, 3.8) is 0 Å². The summed E-state index contributed by atoms with van der Waals surface area (Å²) in [5.41, 5.74) is 0.847. The minimum Gasteiger partial charge on any atom is -0.381 e. The molecule has 29 heavy (non-hydrogen) atoms. The quantitative estimate of drug-likeness (QED) is 0.252. The molecule has 0 bridgehead atoms. The van der Waals surface area contributed by atoms with Crippen LogP contribution >= 0.6 is 24.0 Å². The van der Waals surface area contributed by atoms with Gasteiger partial charge < -0.3 is 24.6 Å². The summed E-state index contributed by atoms with van der Waals surface area (Å²) in [5.74, 6) is 0.862. The third-order valence-corrected chi connectivity index (χ3v) is 4.94. The number of aliphatic imine (C=N–C) groups is 1. The number of carbonyl (C=O) groups is 1. The molecule has 2 fully saturated rings. The third kappa shape index (κ3) is 7.10. The van der Waals surface area contributed by atoms with E-state index in [1.807, 2.05) is 25.1 Å². The molecular weight excluding hydrogens is 487 g/mol. The molecule has 3 rings (SSSR count). The van der Waals surface area contributed by atoms with Crippen molar-refractivity contribution in [3.05, 3.63) is 12.4 Å². The van der Waals surface area contributed by atoms with Gasteiger partial charge in [-0.25, -0.2) is 0 Å². The van der Waals surface area contributed by atoms with E-state index >= 15 is 0 Å². The number of piperazine rings is 1. The summed E-state index contributed by atoms with van der Waals surface area (Å²) in [6.45, 7) is 7.49. The van der Waals surface area contributed by atoms with Gasteiger partial charge in [0, 0.05) is 59.2 Å². The average molecular weight is 520 g/mol. The summed E-state index contributed by atoms with van der Waals surface area (Å²) in [5, 5.41) is 7.46. The van der Waals surface area contributed by atoms with E-state index in [1.54, 1.807) is 15.8 Å². The molecule has 10 heteroatoms. The predicted molar refractivity (Wildman–Crippen MR) is 123 cm³/mol. The normalized spacial score (nSPS) is 18.7. The standard InChI is InChI=1S/C19H32N6O3.HI/c1-3-20-19(21-7-4-10-28-17-5-11-27-12-6-17)24-8-9-25(18(26)15-24)16-13-22-23(2)14-16;/h13-14,17H,3-12,15H2,1-2H3,(H,20,21);1H. The zero-order valence-corrected chi connectivity index (χ0v) is 19.7. The highest BCUT2D eigenvalue weighted by Gasteiger charge is 2.27. The van der Waals surface area contributed by atoms with E-state index in [9.17, 15) is 4.79 Å². The topological polar surface area (TPSA) is 84.2 Å². The van der Waals surface area contributed by atoms with E-state index in [1.165, 1.54) is 0 Å². The predicted octanol–water partition coefficient (Wildman–Crippen LogP) is 1.24. The molecule has 9 nitrogen and oxygen atoms in total. The van der Waals surface area contributed by atoms with Crippen LogP contribution in [0.5, 0.6) is 0 Å². The number of aryl methyl sites for hydroxylation is 1. The van der Waals surface area contributed by atoms with Crippen molar-refractivity contribution < 1.29 is 14.3 Å². The minimum absolute atomic E-state index is 0. The van der Waals surface area contributed by atoms with Crippen molar-refractivity contribution in [2.45, 2.75) is 32.3 Å². The largest absolute Gasteiger partial charge is 0.381 e. The zero-order chi connectivity index (χ0) is 19.8. The van der Waals surface area contributed by atoms with Crippen molar-refractivity contribution in [2.75, 3.05) is 57.4 Å². The molecule has 0 saturated carbocycles. The lowest BCUT2D eigenvalue weighted by molar-refractivity contribution is -0.120. The molecule has 0 unspecified atom stereocenters. The summed E-state index contributed by atoms with van der Waals surface area (Å²) < 4.78 is 13.0. The lowest BCUT2D eigenvalue weighted by atomic mass is 10.1. The SMILES string of the molecule is CCNC(=NCCCOC1CCOCC1)N1CCN(c2cnn(C)c2)C(=O)C1.I. The number of nitrogens with zero attached hydrogens (tertiary/aromatic N) is 5. The Morgan fingerprint density at radius 1 is 1.38 bits per heavy atom. The van der Waals surface area contributed by atoms with Crippen molar-refractivity contribution in [2.24, 2.45) is 12.0 Å². The molecule has 0 atom stereocenters. The van der Waals surface area contributed by atoms with E-state index in [0.717, 1.165) is 57.2 Å². The Balaban J connectivity index is 0.00000300. The molecule has 1 N–H and O–H groups in total. The highest BCUT2D eigenvalue weighted by atomic mass is 127. The number of hydrogen-bond acceptors (Lipinski definition) is 5. The molecule has 3 heterocycles. The maximum absolute atomic E-state index is 12.6. The number of ether oxygens (including phenoxy) is 2. The number of anilines is 1. The first-order chi connectivity index (χ1) is 13.7. The van der Waals surface area contributed by atoms with E-state index in [4.69, 9.17) is 14.5 Å². The molecule has 2 aliphatic heterocycles. The number of amides is 1. The minimum atomic E-state index is 0. The van der Waals surface area contributed by atoms with E-state index in [-0.39, 0.29) is 29.9 Å². The molecule has 2 aliphatic rings. The van der Waals surface area contributed by atoms with Crippen LogP contribution in [0.4, 0.5) is 5.69 Å². The molecule has 0 aromatic carbocycles. The van der Waals surface area contributed by atoms with Gasteiger partial charge in [0.05, 0.1) is 18.0 Å². The summed E-state index contributed by atoms with van der Waals surface area (Å²) in [6, 6.07) is 0. The van der Waals surface area contributed by atoms with Gasteiger partial charge >= 0.3 is 0 Å². The van der Waals surface area contributed by atoms with E-state index in [2.05, 4.69) is 10.4 Å². The number of guanidine groups is 1. The van der Waals surface area contributed by atoms with Gasteiger partial charge in [-0.15, -0.1) is 24.0 Å². The third-order valence-electron chi connectivity index (χ3n) is 4.94. The average Bonchev–Trinajstić information content (AvgIpc) is 3.13. The summed E-state index contributed by atoms with van der Waals surface area (Å²) in [7, 11) is 1.85. The summed E-state index contributed by atoms with van der Waals surface area (Å²) >= 11 is 0. The maximum atomic E-state index is 12.6. The first kappa shape index (κ1) is 23.9. The Labute approximate surface area is 189 Å². The highest BCUT2D eigenvalue weighted by molar-refractivity contribution is 14.0. The van der Waals surface area contributed by atoms with Gasteiger partial charge in [0.15, 0.2) is 5.96 Å². The summed E-state index contributed by atoms with van der Waals surface area (Å²) in [4.78, 5) is 21.1. The van der Waals surface area contributed by atoms with E-state index in [0.29, 0.717) is 32.3 Å². The van der Waals surface area contributed by atoms with Gasteiger partial charge in [-0.2, -0.15) is 5.10 Å². The number of nitrogens with one attached hydrogen (secondary N) is 1. The lowest BCUT2D eigenvalue weighted by Gasteiger charge is -2.35. The van der Waals surface area contributed by atoms with Crippen molar-refractivity contribution in [3.8, 4) is 0 Å². The molecule has 164 valence electrons. The first-order valence-electron chi connectivity index (χ1n) is 10.2. The van der Waals surface area contributed by atoms with Crippen LogP contribution < -0.4 is 10.2 Å².